The number of imidazole rings is 1. The van der Waals surface area contributed by atoms with Gasteiger partial charge in [0.1, 0.15) is 11.6 Å². The van der Waals surface area contributed by atoms with Crippen LogP contribution in [0.2, 0.25) is 0 Å². The summed E-state index contributed by atoms with van der Waals surface area (Å²) in [5.74, 6) is -0.998. The van der Waals surface area contributed by atoms with Gasteiger partial charge in [0.25, 0.3) is 0 Å². The van der Waals surface area contributed by atoms with Crippen molar-refractivity contribution in [3.63, 3.8) is 0 Å². The molecule has 1 aromatic heterocycles. The van der Waals surface area contributed by atoms with Crippen molar-refractivity contribution >= 4 is 5.97 Å². The van der Waals surface area contributed by atoms with E-state index in [1.165, 1.54) is 12.1 Å². The normalized spacial score (nSPS) is 10.4. The number of benzene rings is 1. The van der Waals surface area contributed by atoms with Crippen LogP contribution in [0.15, 0.2) is 24.3 Å². The Morgan fingerprint density at radius 2 is 2.00 bits per heavy atom. The zero-order valence-electron chi connectivity index (χ0n) is 8.49. The molecule has 0 aliphatic rings. The van der Waals surface area contributed by atoms with E-state index in [-0.39, 0.29) is 11.5 Å². The van der Waals surface area contributed by atoms with Crippen molar-refractivity contribution in [2.45, 2.75) is 6.92 Å². The Balaban J connectivity index is 2.45. The quantitative estimate of drug-likeness (QED) is 0.815. The van der Waals surface area contributed by atoms with E-state index in [4.69, 9.17) is 5.11 Å². The van der Waals surface area contributed by atoms with Gasteiger partial charge in [-0.3, -0.25) is 0 Å². The van der Waals surface area contributed by atoms with Crippen LogP contribution in [-0.4, -0.2) is 21.0 Å². The number of aromatic amines is 1. The van der Waals surface area contributed by atoms with E-state index in [0.29, 0.717) is 17.1 Å². The zero-order valence-corrected chi connectivity index (χ0v) is 8.49. The standard InChI is InChI=1S/C11H9FN2O2/c1-6-9(11(15)16)14-10(13-6)7-2-4-8(12)5-3-7/h2-5H,1H3,(H,13,14)(H,15,16). The summed E-state index contributed by atoms with van der Waals surface area (Å²) in [6, 6.07) is 5.68. The van der Waals surface area contributed by atoms with Crippen molar-refractivity contribution in [3.05, 3.63) is 41.5 Å². The summed E-state index contributed by atoms with van der Waals surface area (Å²) in [7, 11) is 0. The van der Waals surface area contributed by atoms with Gasteiger partial charge in [-0.05, 0) is 31.2 Å². The largest absolute Gasteiger partial charge is 0.476 e. The highest BCUT2D eigenvalue weighted by atomic mass is 19.1. The number of hydrogen-bond acceptors (Lipinski definition) is 2. The zero-order chi connectivity index (χ0) is 11.7. The van der Waals surface area contributed by atoms with E-state index in [0.717, 1.165) is 0 Å². The van der Waals surface area contributed by atoms with Crippen LogP contribution < -0.4 is 0 Å². The molecule has 82 valence electrons. The summed E-state index contributed by atoms with van der Waals surface area (Å²) in [5, 5.41) is 8.83. The number of carboxylic acids is 1. The number of aromatic nitrogens is 2. The predicted molar refractivity (Wildman–Crippen MR) is 55.7 cm³/mol. The highest BCUT2D eigenvalue weighted by Crippen LogP contribution is 2.18. The van der Waals surface area contributed by atoms with Gasteiger partial charge in [0.15, 0.2) is 5.69 Å². The molecular weight excluding hydrogens is 211 g/mol. The summed E-state index contributed by atoms with van der Waals surface area (Å²) in [4.78, 5) is 17.6. The SMILES string of the molecule is Cc1[nH]c(-c2ccc(F)cc2)nc1C(=O)O. The minimum atomic E-state index is -1.08. The molecule has 0 saturated carbocycles. The second-order valence-corrected chi connectivity index (χ2v) is 3.37. The smallest absolute Gasteiger partial charge is 0.356 e. The molecular formula is C11H9FN2O2. The Kier molecular flexibility index (Phi) is 2.44. The number of hydrogen-bond donors (Lipinski definition) is 2. The first-order valence-electron chi connectivity index (χ1n) is 4.64. The van der Waals surface area contributed by atoms with Gasteiger partial charge in [-0.15, -0.1) is 0 Å². The molecule has 1 aromatic carbocycles. The highest BCUT2D eigenvalue weighted by molar-refractivity contribution is 5.87. The van der Waals surface area contributed by atoms with Gasteiger partial charge in [0.2, 0.25) is 0 Å². The van der Waals surface area contributed by atoms with Crippen LogP contribution in [0.25, 0.3) is 11.4 Å². The number of H-pyrrole nitrogens is 1. The summed E-state index contributed by atoms with van der Waals surface area (Å²) in [6.45, 7) is 1.63. The van der Waals surface area contributed by atoms with Crippen LogP contribution in [0.4, 0.5) is 4.39 Å². The minimum Gasteiger partial charge on any atom is -0.476 e. The Morgan fingerprint density at radius 3 is 2.50 bits per heavy atom. The molecule has 0 unspecified atom stereocenters. The molecule has 0 bridgehead atoms. The maximum absolute atomic E-state index is 12.7. The number of nitrogens with zero attached hydrogens (tertiary/aromatic N) is 1. The molecule has 0 aliphatic heterocycles. The molecule has 5 heteroatoms. The first-order valence-corrected chi connectivity index (χ1v) is 4.64. The summed E-state index contributed by atoms with van der Waals surface area (Å²) >= 11 is 0. The Hall–Kier alpha value is -2.17. The number of aromatic carboxylic acids is 1. The molecule has 0 radical (unpaired) electrons. The van der Waals surface area contributed by atoms with Crippen LogP contribution in [0.1, 0.15) is 16.2 Å². The van der Waals surface area contributed by atoms with Crippen molar-refractivity contribution in [3.8, 4) is 11.4 Å². The van der Waals surface area contributed by atoms with Crippen LogP contribution in [0.3, 0.4) is 0 Å². The molecule has 0 saturated heterocycles. The topological polar surface area (TPSA) is 66.0 Å². The lowest BCUT2D eigenvalue weighted by atomic mass is 10.2. The average Bonchev–Trinajstić information content (AvgIpc) is 2.61. The maximum atomic E-state index is 12.7. The molecule has 2 N–H and O–H groups in total. The number of carboxylic acid groups (broad SMARTS) is 1. The summed E-state index contributed by atoms with van der Waals surface area (Å²) < 4.78 is 12.7. The molecule has 2 rings (SSSR count). The number of halogens is 1. The highest BCUT2D eigenvalue weighted by Gasteiger charge is 2.13. The second kappa shape index (κ2) is 3.77. The van der Waals surface area contributed by atoms with Gasteiger partial charge < -0.3 is 10.1 Å². The first kappa shape index (κ1) is 10.4. The van der Waals surface area contributed by atoms with Crippen molar-refractivity contribution in [1.82, 2.24) is 9.97 Å². The van der Waals surface area contributed by atoms with Crippen molar-refractivity contribution in [2.24, 2.45) is 0 Å². The van der Waals surface area contributed by atoms with Crippen molar-refractivity contribution in [1.29, 1.82) is 0 Å². The lowest BCUT2D eigenvalue weighted by Crippen LogP contribution is -1.98. The number of nitrogens with one attached hydrogen (secondary N) is 1. The molecule has 0 atom stereocenters. The van der Waals surface area contributed by atoms with E-state index >= 15 is 0 Å². The van der Waals surface area contributed by atoms with E-state index in [2.05, 4.69) is 9.97 Å². The maximum Gasteiger partial charge on any atom is 0.356 e. The van der Waals surface area contributed by atoms with Crippen LogP contribution in [-0.2, 0) is 0 Å². The average molecular weight is 220 g/mol. The van der Waals surface area contributed by atoms with Crippen LogP contribution >= 0.6 is 0 Å². The van der Waals surface area contributed by atoms with Crippen molar-refractivity contribution < 1.29 is 14.3 Å². The summed E-state index contributed by atoms with van der Waals surface area (Å²) in [6.07, 6.45) is 0. The molecule has 0 aliphatic carbocycles. The molecule has 2 aromatic rings. The van der Waals surface area contributed by atoms with E-state index in [1.54, 1.807) is 19.1 Å². The van der Waals surface area contributed by atoms with E-state index in [1.807, 2.05) is 0 Å². The summed E-state index contributed by atoms with van der Waals surface area (Å²) in [5.41, 5.74) is 1.11. The lowest BCUT2D eigenvalue weighted by molar-refractivity contribution is 0.0690. The molecule has 16 heavy (non-hydrogen) atoms. The van der Waals surface area contributed by atoms with Crippen LogP contribution in [0.5, 0.6) is 0 Å². The Morgan fingerprint density at radius 1 is 1.38 bits per heavy atom. The van der Waals surface area contributed by atoms with Gasteiger partial charge in [-0.25, -0.2) is 14.2 Å². The third-order valence-corrected chi connectivity index (χ3v) is 2.20. The lowest BCUT2D eigenvalue weighted by Gasteiger charge is -1.95. The number of aryl methyl sites for hydroxylation is 1. The third kappa shape index (κ3) is 1.79. The van der Waals surface area contributed by atoms with Gasteiger partial charge >= 0.3 is 5.97 Å². The van der Waals surface area contributed by atoms with Crippen molar-refractivity contribution in [2.75, 3.05) is 0 Å². The van der Waals surface area contributed by atoms with Crippen LogP contribution in [0, 0.1) is 12.7 Å². The van der Waals surface area contributed by atoms with Gasteiger partial charge in [0, 0.05) is 11.3 Å². The van der Waals surface area contributed by atoms with E-state index < -0.39 is 5.97 Å². The van der Waals surface area contributed by atoms with Gasteiger partial charge in [0.05, 0.1) is 0 Å². The molecule has 0 spiro atoms. The molecule has 4 nitrogen and oxygen atoms in total. The fraction of sp³-hybridized carbons (Fsp3) is 0.0909. The monoisotopic (exact) mass is 220 g/mol. The fourth-order valence-electron chi connectivity index (χ4n) is 1.41. The van der Waals surface area contributed by atoms with E-state index in [9.17, 15) is 9.18 Å². The first-order chi connectivity index (χ1) is 7.58. The fourth-order valence-corrected chi connectivity index (χ4v) is 1.41. The second-order valence-electron chi connectivity index (χ2n) is 3.37. The molecule has 1 heterocycles. The van der Waals surface area contributed by atoms with Gasteiger partial charge in [-0.1, -0.05) is 0 Å². The third-order valence-electron chi connectivity index (χ3n) is 2.20. The number of carbonyl (C=O) groups is 1. The predicted octanol–water partition coefficient (Wildman–Crippen LogP) is 2.22. The molecule has 0 fully saturated rings. The minimum absolute atomic E-state index is 0.0145. The molecule has 0 amide bonds. The Bertz CT molecular complexity index is 531. The van der Waals surface area contributed by atoms with Gasteiger partial charge in [-0.2, -0.15) is 0 Å². The Labute approximate surface area is 90.8 Å². The number of rotatable bonds is 2.